The molecule has 0 aliphatic heterocycles. The first-order valence-corrected chi connectivity index (χ1v) is 1.54. The molecule has 0 amide bonds. The third-order valence-corrected chi connectivity index (χ3v) is 0.365. The van der Waals surface area contributed by atoms with Gasteiger partial charge in [-0.1, -0.05) is 6.92 Å². The Bertz CT molecular complexity index is 17.6. The minimum absolute atomic E-state index is 0.694. The van der Waals surface area contributed by atoms with Crippen molar-refractivity contribution >= 4 is 0 Å². The lowest BCUT2D eigenvalue weighted by atomic mass is 10.7. The molecule has 0 bridgehead atoms. The van der Waals surface area contributed by atoms with Crippen LogP contribution in [0.1, 0.15) is 6.92 Å². The summed E-state index contributed by atoms with van der Waals surface area (Å²) in [5.74, 6) is 0. The van der Waals surface area contributed by atoms with E-state index in [2.05, 4.69) is 0 Å². The van der Waals surface area contributed by atoms with Gasteiger partial charge >= 0.3 is 0 Å². The Morgan fingerprint density at radius 1 is 1.60 bits per heavy atom. The van der Waals surface area contributed by atoms with Crippen LogP contribution in [0.4, 0.5) is 0 Å². The van der Waals surface area contributed by atoms with Crippen LogP contribution in [0.5, 0.6) is 0 Å². The Balaban J connectivity index is 2.54. The maximum atomic E-state index is 4.90. The summed E-state index contributed by atoms with van der Waals surface area (Å²) in [6, 6.07) is 0. The lowest BCUT2D eigenvalue weighted by molar-refractivity contribution is 0.524. The summed E-state index contributed by atoms with van der Waals surface area (Å²) in [6.07, 6.45) is 0. The highest BCUT2D eigenvalue weighted by atomic mass is 15.0. The molecule has 0 atom stereocenters. The molecule has 0 aromatic heterocycles. The molecule has 0 saturated heterocycles. The Labute approximate surface area is 33.6 Å². The van der Waals surface area contributed by atoms with E-state index in [4.69, 9.17) is 14.1 Å². The molecule has 0 aromatic rings. The van der Waals surface area contributed by atoms with Crippen molar-refractivity contribution in [3.8, 4) is 0 Å². The fourth-order valence-electron chi connectivity index (χ4n) is 0. The molecule has 0 aromatic carbocycles. The van der Waals surface area contributed by atoms with E-state index < -0.39 is 0 Å². The van der Waals surface area contributed by atoms with E-state index in [1.165, 1.54) is 0 Å². The number of hydrogen-bond acceptors (Lipinski definition) is 1. The van der Waals surface area contributed by atoms with Crippen molar-refractivity contribution in [2.24, 2.45) is 0 Å². The lowest BCUT2D eigenvalue weighted by Crippen LogP contribution is -2.01. The van der Waals surface area contributed by atoms with Crippen LogP contribution in [-0.2, 0) is 0 Å². The van der Waals surface area contributed by atoms with E-state index in [9.17, 15) is 0 Å². The average Bonchev–Trinajstić information content (AvgIpc) is 1.38. The second kappa shape index (κ2) is 2.21. The van der Waals surface area contributed by atoms with Crippen LogP contribution in [0.2, 0.25) is 0 Å². The van der Waals surface area contributed by atoms with E-state index >= 15 is 0 Å². The summed E-state index contributed by atoms with van der Waals surface area (Å²) >= 11 is 0. The van der Waals surface area contributed by atoms with E-state index in [-0.39, 0.29) is 0 Å². The molecule has 1 nitrogen and oxygen atoms in total. The molecule has 0 aliphatic carbocycles. The zero-order valence-corrected chi connectivity index (χ0v) is 3.31. The van der Waals surface area contributed by atoms with Gasteiger partial charge in [-0.15, -0.1) is 0 Å². The standard InChI is InChI=1S/C4H7N/c1-4-5(2)3/h2-3H,4H2,1H3. The van der Waals surface area contributed by atoms with E-state index in [0.717, 1.165) is 4.90 Å². The number of hydrogen-bond donors (Lipinski definition) is 0. The maximum Gasteiger partial charge on any atom is 0.0443 e. The summed E-state index contributed by atoms with van der Waals surface area (Å²) in [7, 11) is 9.81. The molecule has 4 radical (unpaired) electrons. The van der Waals surface area contributed by atoms with Gasteiger partial charge in [-0.25, -0.2) is 0 Å². The highest BCUT2D eigenvalue weighted by molar-refractivity contribution is 4.42. The van der Waals surface area contributed by atoms with Crippen molar-refractivity contribution in [1.29, 1.82) is 0 Å². The quantitative estimate of drug-likeness (QED) is 0.408. The third-order valence-electron chi connectivity index (χ3n) is 0.365. The highest BCUT2D eigenvalue weighted by Crippen LogP contribution is 1.71. The zero-order valence-electron chi connectivity index (χ0n) is 3.31. The van der Waals surface area contributed by atoms with Gasteiger partial charge in [0, 0.05) is 14.1 Å². The van der Waals surface area contributed by atoms with Crippen LogP contribution in [0.25, 0.3) is 0 Å². The zero-order chi connectivity index (χ0) is 4.28. The molecule has 5 heavy (non-hydrogen) atoms. The first kappa shape index (κ1) is 4.96. The molecule has 0 heterocycles. The second-order valence-corrected chi connectivity index (χ2v) is 0.830. The van der Waals surface area contributed by atoms with Crippen molar-refractivity contribution < 1.29 is 0 Å². The molecule has 0 spiro atoms. The van der Waals surface area contributed by atoms with Gasteiger partial charge < -0.3 is 0 Å². The van der Waals surface area contributed by atoms with Gasteiger partial charge in [0.25, 0.3) is 0 Å². The Hall–Kier alpha value is -0.0400. The van der Waals surface area contributed by atoms with Crippen molar-refractivity contribution in [2.75, 3.05) is 6.54 Å². The molecule has 0 aliphatic rings. The van der Waals surface area contributed by atoms with Gasteiger partial charge in [0.1, 0.15) is 0 Å². The first-order valence-electron chi connectivity index (χ1n) is 1.54. The van der Waals surface area contributed by atoms with Crippen LogP contribution in [0, 0.1) is 14.1 Å². The summed E-state index contributed by atoms with van der Waals surface area (Å²) in [6.45, 7) is 2.57. The smallest absolute Gasteiger partial charge is 0.0443 e. The summed E-state index contributed by atoms with van der Waals surface area (Å²) < 4.78 is 0. The largest absolute Gasteiger partial charge is 0.291 e. The molecule has 1 heteroatoms. The molecule has 0 fully saturated rings. The van der Waals surface area contributed by atoms with E-state index in [1.54, 1.807) is 0 Å². The minimum Gasteiger partial charge on any atom is -0.291 e. The van der Waals surface area contributed by atoms with Gasteiger partial charge in [-0.3, -0.25) is 4.90 Å². The van der Waals surface area contributed by atoms with Gasteiger partial charge in [0.15, 0.2) is 0 Å². The van der Waals surface area contributed by atoms with Crippen molar-refractivity contribution in [1.82, 2.24) is 4.90 Å². The summed E-state index contributed by atoms with van der Waals surface area (Å²) in [4.78, 5) is 1.12. The average molecular weight is 69.1 g/mol. The monoisotopic (exact) mass is 69.1 g/mol. The Kier molecular flexibility index (Phi) is 2.19. The van der Waals surface area contributed by atoms with Crippen LogP contribution >= 0.6 is 0 Å². The van der Waals surface area contributed by atoms with Crippen LogP contribution < -0.4 is 0 Å². The van der Waals surface area contributed by atoms with Crippen LogP contribution in [0.15, 0.2) is 0 Å². The van der Waals surface area contributed by atoms with Crippen LogP contribution in [-0.4, -0.2) is 11.4 Å². The topological polar surface area (TPSA) is 3.24 Å². The summed E-state index contributed by atoms with van der Waals surface area (Å²) in [5, 5.41) is 0. The molecular weight excluding hydrogens is 62.1 g/mol. The Morgan fingerprint density at radius 3 is 1.80 bits per heavy atom. The first-order chi connectivity index (χ1) is 2.27. The number of rotatable bonds is 1. The molecule has 0 unspecified atom stereocenters. The van der Waals surface area contributed by atoms with Crippen molar-refractivity contribution in [2.45, 2.75) is 6.92 Å². The SMILES string of the molecule is [CH]N([CH])CC. The van der Waals surface area contributed by atoms with Gasteiger partial charge in [0.05, 0.1) is 0 Å². The predicted octanol–water partition coefficient (Wildman–Crippen LogP) is 0.645. The lowest BCUT2D eigenvalue weighted by Gasteiger charge is -1.97. The normalized spacial score (nSPS) is 9.60. The van der Waals surface area contributed by atoms with E-state index in [1.807, 2.05) is 6.92 Å². The molecular formula is C4H7N. The van der Waals surface area contributed by atoms with Gasteiger partial charge in [-0.2, -0.15) is 0 Å². The molecule has 28 valence electrons. The van der Waals surface area contributed by atoms with Gasteiger partial charge in [-0.05, 0) is 6.54 Å². The predicted molar refractivity (Wildman–Crippen MR) is 21.0 cm³/mol. The number of nitrogens with zero attached hydrogens (tertiary/aromatic N) is 1. The minimum atomic E-state index is 0.694. The van der Waals surface area contributed by atoms with Crippen molar-refractivity contribution in [3.05, 3.63) is 14.1 Å². The Morgan fingerprint density at radius 2 is 1.80 bits per heavy atom. The van der Waals surface area contributed by atoms with Gasteiger partial charge in [0.2, 0.25) is 0 Å². The van der Waals surface area contributed by atoms with Crippen molar-refractivity contribution in [3.63, 3.8) is 0 Å². The molecule has 0 rings (SSSR count). The van der Waals surface area contributed by atoms with Crippen LogP contribution in [0.3, 0.4) is 0 Å². The molecule has 0 N–H and O–H groups in total. The molecule has 0 saturated carbocycles. The highest BCUT2D eigenvalue weighted by Gasteiger charge is 1.74. The fourth-order valence-corrected chi connectivity index (χ4v) is 0. The third kappa shape index (κ3) is 3.96. The second-order valence-electron chi connectivity index (χ2n) is 0.830. The maximum absolute atomic E-state index is 4.90. The summed E-state index contributed by atoms with van der Waals surface area (Å²) in [5.41, 5.74) is 0. The van der Waals surface area contributed by atoms with E-state index in [0.29, 0.717) is 6.54 Å². The fraction of sp³-hybridized carbons (Fsp3) is 0.500.